The fourth-order valence-corrected chi connectivity index (χ4v) is 2.67. The van der Waals surface area contributed by atoms with E-state index in [1.54, 1.807) is 0 Å². The van der Waals surface area contributed by atoms with Crippen molar-refractivity contribution in [3.8, 4) is 0 Å². The lowest BCUT2D eigenvalue weighted by molar-refractivity contribution is -0.0324. The lowest BCUT2D eigenvalue weighted by atomic mass is 9.95. The van der Waals surface area contributed by atoms with Crippen LogP contribution in [0.15, 0.2) is 0 Å². The molecule has 1 saturated heterocycles. The number of hydrogen-bond acceptors (Lipinski definition) is 3. The van der Waals surface area contributed by atoms with Gasteiger partial charge >= 0.3 is 0 Å². The van der Waals surface area contributed by atoms with E-state index >= 15 is 0 Å². The Morgan fingerprint density at radius 3 is 2.76 bits per heavy atom. The average molecular weight is 349 g/mol. The number of rotatable bonds is 2. The standard InChI is InChI=1S/C12H20IN3O/c1-7(2)10-6-9(4-5-17-10)16-12(14)11(13)8(3)15-16/h7,9-10H,4-6,14H2,1-3H3. The van der Waals surface area contributed by atoms with Gasteiger partial charge in [0.2, 0.25) is 0 Å². The van der Waals surface area contributed by atoms with Crippen LogP contribution < -0.4 is 5.73 Å². The molecule has 1 aliphatic heterocycles. The first kappa shape index (κ1) is 13.1. The summed E-state index contributed by atoms with van der Waals surface area (Å²) in [5.41, 5.74) is 7.13. The summed E-state index contributed by atoms with van der Waals surface area (Å²) in [4.78, 5) is 0. The van der Waals surface area contributed by atoms with Gasteiger partial charge in [-0.05, 0) is 48.3 Å². The van der Waals surface area contributed by atoms with Crippen LogP contribution in [0.5, 0.6) is 0 Å². The van der Waals surface area contributed by atoms with Crippen LogP contribution in [-0.2, 0) is 4.74 Å². The zero-order valence-corrected chi connectivity index (χ0v) is 12.8. The molecule has 0 radical (unpaired) electrons. The third-order valence-corrected chi connectivity index (χ3v) is 4.76. The van der Waals surface area contributed by atoms with Gasteiger partial charge in [-0.25, -0.2) is 4.68 Å². The number of aryl methyl sites for hydroxylation is 1. The van der Waals surface area contributed by atoms with Gasteiger partial charge in [-0.1, -0.05) is 13.8 Å². The van der Waals surface area contributed by atoms with E-state index in [9.17, 15) is 0 Å². The number of anilines is 1. The molecular weight excluding hydrogens is 329 g/mol. The smallest absolute Gasteiger partial charge is 0.135 e. The number of hydrogen-bond donors (Lipinski definition) is 1. The molecule has 17 heavy (non-hydrogen) atoms. The van der Waals surface area contributed by atoms with Crippen LogP contribution in [0.4, 0.5) is 5.82 Å². The molecule has 1 aliphatic rings. The summed E-state index contributed by atoms with van der Waals surface area (Å²) in [6, 6.07) is 0.387. The van der Waals surface area contributed by atoms with E-state index in [2.05, 4.69) is 41.5 Å². The summed E-state index contributed by atoms with van der Waals surface area (Å²) in [6.45, 7) is 7.22. The van der Waals surface area contributed by atoms with Gasteiger partial charge in [-0.15, -0.1) is 0 Å². The quantitative estimate of drug-likeness (QED) is 0.836. The number of nitrogens with zero attached hydrogens (tertiary/aromatic N) is 2. The van der Waals surface area contributed by atoms with Crippen LogP contribution in [0.1, 0.15) is 38.4 Å². The van der Waals surface area contributed by atoms with Gasteiger partial charge < -0.3 is 10.5 Å². The summed E-state index contributed by atoms with van der Waals surface area (Å²) in [5.74, 6) is 1.35. The van der Waals surface area contributed by atoms with Gasteiger partial charge in [0.25, 0.3) is 0 Å². The van der Waals surface area contributed by atoms with E-state index in [1.165, 1.54) is 0 Å². The Morgan fingerprint density at radius 1 is 1.53 bits per heavy atom. The largest absolute Gasteiger partial charge is 0.383 e. The Labute approximate surface area is 116 Å². The Balaban J connectivity index is 2.19. The van der Waals surface area contributed by atoms with E-state index < -0.39 is 0 Å². The second-order valence-electron chi connectivity index (χ2n) is 5.06. The highest BCUT2D eigenvalue weighted by Gasteiger charge is 2.28. The Morgan fingerprint density at radius 2 is 2.24 bits per heavy atom. The molecule has 2 N–H and O–H groups in total. The molecule has 0 aliphatic carbocycles. The van der Waals surface area contributed by atoms with Crippen molar-refractivity contribution in [2.24, 2.45) is 5.92 Å². The highest BCUT2D eigenvalue weighted by molar-refractivity contribution is 14.1. The number of nitrogen functional groups attached to an aromatic ring is 1. The molecule has 0 bridgehead atoms. The van der Waals surface area contributed by atoms with E-state index in [0.717, 1.165) is 34.5 Å². The van der Waals surface area contributed by atoms with Crippen molar-refractivity contribution in [3.63, 3.8) is 0 Å². The lowest BCUT2D eigenvalue weighted by Crippen LogP contribution is -2.32. The van der Waals surface area contributed by atoms with Crippen LogP contribution in [0.3, 0.4) is 0 Å². The fraction of sp³-hybridized carbons (Fsp3) is 0.750. The molecule has 1 fully saturated rings. The Hall–Kier alpha value is -0.300. The zero-order valence-electron chi connectivity index (χ0n) is 10.6. The molecule has 0 saturated carbocycles. The minimum Gasteiger partial charge on any atom is -0.383 e. The zero-order chi connectivity index (χ0) is 12.6. The first-order valence-electron chi connectivity index (χ1n) is 6.12. The summed E-state index contributed by atoms with van der Waals surface area (Å²) < 4.78 is 8.86. The van der Waals surface area contributed by atoms with Crippen molar-refractivity contribution < 1.29 is 4.74 Å². The highest BCUT2D eigenvalue weighted by Crippen LogP contribution is 2.32. The predicted molar refractivity (Wildman–Crippen MR) is 76.9 cm³/mol. The maximum absolute atomic E-state index is 6.11. The second-order valence-corrected chi connectivity index (χ2v) is 6.14. The van der Waals surface area contributed by atoms with Crippen molar-refractivity contribution in [1.82, 2.24) is 9.78 Å². The summed E-state index contributed by atoms with van der Waals surface area (Å²) in [5, 5.41) is 4.56. The van der Waals surface area contributed by atoms with Crippen LogP contribution in [0, 0.1) is 16.4 Å². The Bertz CT molecular complexity index is 403. The number of nitrogens with two attached hydrogens (primary N) is 1. The molecule has 2 atom stereocenters. The van der Waals surface area contributed by atoms with E-state index in [0.29, 0.717) is 18.1 Å². The van der Waals surface area contributed by atoms with Crippen molar-refractivity contribution in [2.75, 3.05) is 12.3 Å². The number of halogens is 1. The maximum atomic E-state index is 6.11. The number of ether oxygens (including phenoxy) is 1. The first-order chi connectivity index (χ1) is 8.00. The molecular formula is C12H20IN3O. The molecule has 96 valence electrons. The normalized spacial score (nSPS) is 25.5. The van der Waals surface area contributed by atoms with Gasteiger partial charge in [0.15, 0.2) is 0 Å². The predicted octanol–water partition coefficient (Wildman–Crippen LogP) is 2.75. The molecule has 2 heterocycles. The maximum Gasteiger partial charge on any atom is 0.135 e. The van der Waals surface area contributed by atoms with Gasteiger partial charge in [-0.3, -0.25) is 0 Å². The van der Waals surface area contributed by atoms with E-state index in [4.69, 9.17) is 10.5 Å². The molecule has 2 rings (SSSR count). The molecule has 5 heteroatoms. The average Bonchev–Trinajstić information content (AvgIpc) is 2.57. The first-order valence-corrected chi connectivity index (χ1v) is 7.20. The molecule has 1 aromatic rings. The minimum absolute atomic E-state index is 0.329. The van der Waals surface area contributed by atoms with E-state index in [-0.39, 0.29) is 0 Å². The summed E-state index contributed by atoms with van der Waals surface area (Å²) >= 11 is 2.26. The lowest BCUT2D eigenvalue weighted by Gasteiger charge is -2.32. The molecule has 4 nitrogen and oxygen atoms in total. The summed E-state index contributed by atoms with van der Waals surface area (Å²) in [6.07, 6.45) is 2.35. The highest BCUT2D eigenvalue weighted by atomic mass is 127. The van der Waals surface area contributed by atoms with Gasteiger partial charge in [0, 0.05) is 6.61 Å². The van der Waals surface area contributed by atoms with Crippen molar-refractivity contribution in [1.29, 1.82) is 0 Å². The molecule has 0 aromatic carbocycles. The van der Waals surface area contributed by atoms with Gasteiger partial charge in [0.05, 0.1) is 21.4 Å². The second kappa shape index (κ2) is 5.14. The molecule has 2 unspecified atom stereocenters. The van der Waals surface area contributed by atoms with Crippen LogP contribution in [0.25, 0.3) is 0 Å². The van der Waals surface area contributed by atoms with Gasteiger partial charge in [-0.2, -0.15) is 5.10 Å². The van der Waals surface area contributed by atoms with Crippen molar-refractivity contribution >= 4 is 28.4 Å². The topological polar surface area (TPSA) is 53.1 Å². The molecule has 1 aromatic heterocycles. The Kier molecular flexibility index (Phi) is 3.97. The monoisotopic (exact) mass is 349 g/mol. The fourth-order valence-electron chi connectivity index (χ4n) is 2.32. The SMILES string of the molecule is Cc1nn(C2CCOC(C(C)C)C2)c(N)c1I. The molecule has 0 spiro atoms. The molecule has 0 amide bonds. The van der Waals surface area contributed by atoms with Crippen molar-refractivity contribution in [3.05, 3.63) is 9.26 Å². The van der Waals surface area contributed by atoms with Crippen LogP contribution >= 0.6 is 22.6 Å². The van der Waals surface area contributed by atoms with Gasteiger partial charge in [0.1, 0.15) is 5.82 Å². The van der Waals surface area contributed by atoms with E-state index in [1.807, 2.05) is 11.6 Å². The number of aromatic nitrogens is 2. The van der Waals surface area contributed by atoms with Crippen LogP contribution in [0.2, 0.25) is 0 Å². The third-order valence-electron chi connectivity index (χ3n) is 3.42. The third kappa shape index (κ3) is 2.59. The van der Waals surface area contributed by atoms with Crippen molar-refractivity contribution in [2.45, 2.75) is 45.8 Å². The summed E-state index contributed by atoms with van der Waals surface area (Å²) in [7, 11) is 0. The van der Waals surface area contributed by atoms with Crippen LogP contribution in [-0.4, -0.2) is 22.5 Å². The minimum atomic E-state index is 0.329.